The van der Waals surface area contributed by atoms with Crippen LogP contribution in [0.25, 0.3) is 0 Å². The Morgan fingerprint density at radius 3 is 1.96 bits per heavy atom. The van der Waals surface area contributed by atoms with Crippen LogP contribution in [0.2, 0.25) is 0 Å². The van der Waals surface area contributed by atoms with Gasteiger partial charge in [0.2, 0.25) is 0 Å². The van der Waals surface area contributed by atoms with E-state index in [4.69, 9.17) is 14.2 Å². The summed E-state index contributed by atoms with van der Waals surface area (Å²) in [4.78, 5) is 11.8. The molecule has 0 aliphatic heterocycles. The van der Waals surface area contributed by atoms with Crippen molar-refractivity contribution in [1.82, 2.24) is 4.57 Å². The number of ether oxygens (including phenoxy) is 3. The number of hydrogen-bond donors (Lipinski definition) is 1. The number of methoxy groups -OCH3 is 2. The molecule has 1 N–H and O–H groups in total. The van der Waals surface area contributed by atoms with Crippen LogP contribution < -0.4 is 14.2 Å². The van der Waals surface area contributed by atoms with Gasteiger partial charge in [-0.1, -0.05) is 24.3 Å². The third-order valence-corrected chi connectivity index (χ3v) is 4.19. The maximum atomic E-state index is 11.8. The van der Waals surface area contributed by atoms with Crippen molar-refractivity contribution in [2.75, 3.05) is 14.2 Å². The van der Waals surface area contributed by atoms with Gasteiger partial charge in [-0.3, -0.25) is 0 Å². The molecule has 0 bridgehead atoms. The quantitative estimate of drug-likeness (QED) is 0.655. The van der Waals surface area contributed by atoms with Gasteiger partial charge in [0.1, 0.15) is 18.1 Å². The first-order chi connectivity index (χ1) is 13.1. The molecule has 1 heterocycles. The Morgan fingerprint density at radius 2 is 1.44 bits per heavy atom. The Bertz CT molecular complexity index is 897. The molecule has 1 aromatic heterocycles. The van der Waals surface area contributed by atoms with E-state index >= 15 is 0 Å². The predicted molar refractivity (Wildman–Crippen MR) is 101 cm³/mol. The van der Waals surface area contributed by atoms with Gasteiger partial charge in [-0.2, -0.15) is 0 Å². The standard InChI is InChI=1S/C21H21NO5/c1-25-17-7-3-15(4-8-17)13-22-12-11-19(20(22)21(23)24)27-14-16-5-9-18(26-2)10-6-16/h3-12H,13-14H2,1-2H3,(H,23,24). The normalized spacial score (nSPS) is 10.4. The number of aromatic nitrogens is 1. The summed E-state index contributed by atoms with van der Waals surface area (Å²) in [5.74, 6) is 0.828. The van der Waals surface area contributed by atoms with Crippen LogP contribution in [0.1, 0.15) is 21.6 Å². The van der Waals surface area contributed by atoms with E-state index < -0.39 is 5.97 Å². The van der Waals surface area contributed by atoms with Crippen molar-refractivity contribution in [2.45, 2.75) is 13.2 Å². The Labute approximate surface area is 157 Å². The monoisotopic (exact) mass is 367 g/mol. The molecule has 6 heteroatoms. The number of aromatic carboxylic acids is 1. The summed E-state index contributed by atoms with van der Waals surface area (Å²) in [7, 11) is 3.21. The van der Waals surface area contributed by atoms with Crippen molar-refractivity contribution in [2.24, 2.45) is 0 Å². The minimum absolute atomic E-state index is 0.124. The lowest BCUT2D eigenvalue weighted by molar-refractivity contribution is 0.0680. The average Bonchev–Trinajstić information content (AvgIpc) is 3.10. The Hall–Kier alpha value is -3.41. The molecule has 0 saturated carbocycles. The minimum Gasteiger partial charge on any atom is -0.497 e. The highest BCUT2D eigenvalue weighted by Gasteiger charge is 2.18. The Morgan fingerprint density at radius 1 is 0.889 bits per heavy atom. The van der Waals surface area contributed by atoms with Gasteiger partial charge in [-0.05, 0) is 41.5 Å². The number of carbonyl (C=O) groups is 1. The van der Waals surface area contributed by atoms with Gasteiger partial charge in [-0.15, -0.1) is 0 Å². The lowest BCUT2D eigenvalue weighted by Crippen LogP contribution is -2.10. The van der Waals surface area contributed by atoms with Gasteiger partial charge in [-0.25, -0.2) is 4.79 Å². The van der Waals surface area contributed by atoms with Gasteiger partial charge in [0.25, 0.3) is 0 Å². The van der Waals surface area contributed by atoms with Crippen molar-refractivity contribution < 1.29 is 24.1 Å². The summed E-state index contributed by atoms with van der Waals surface area (Å²) < 4.78 is 17.7. The lowest BCUT2D eigenvalue weighted by atomic mass is 10.2. The fourth-order valence-electron chi connectivity index (χ4n) is 2.74. The molecule has 0 aliphatic rings. The van der Waals surface area contributed by atoms with E-state index in [9.17, 15) is 9.90 Å². The first kappa shape index (κ1) is 18.4. The zero-order chi connectivity index (χ0) is 19.2. The van der Waals surface area contributed by atoms with Gasteiger partial charge < -0.3 is 23.9 Å². The van der Waals surface area contributed by atoms with E-state index in [0.29, 0.717) is 12.3 Å². The maximum absolute atomic E-state index is 11.8. The fraction of sp³-hybridized carbons (Fsp3) is 0.190. The number of carboxylic acid groups (broad SMARTS) is 1. The number of hydrogen-bond acceptors (Lipinski definition) is 4. The maximum Gasteiger partial charge on any atom is 0.356 e. The van der Waals surface area contributed by atoms with E-state index in [-0.39, 0.29) is 12.3 Å². The fourth-order valence-corrected chi connectivity index (χ4v) is 2.74. The Balaban J connectivity index is 1.74. The molecule has 3 rings (SSSR count). The van der Waals surface area contributed by atoms with Crippen LogP contribution in [0.15, 0.2) is 60.8 Å². The van der Waals surface area contributed by atoms with Crippen LogP contribution in [-0.4, -0.2) is 29.9 Å². The molecule has 0 atom stereocenters. The van der Waals surface area contributed by atoms with Crippen LogP contribution in [0, 0.1) is 0 Å². The van der Waals surface area contributed by atoms with Gasteiger partial charge in [0, 0.05) is 12.7 Å². The predicted octanol–water partition coefficient (Wildman–Crippen LogP) is 3.83. The highest BCUT2D eigenvalue weighted by atomic mass is 16.5. The number of rotatable bonds is 8. The van der Waals surface area contributed by atoms with E-state index in [1.54, 1.807) is 31.0 Å². The zero-order valence-corrected chi connectivity index (χ0v) is 15.2. The van der Waals surface area contributed by atoms with Crippen molar-refractivity contribution in [3.63, 3.8) is 0 Å². The highest BCUT2D eigenvalue weighted by molar-refractivity contribution is 5.89. The molecule has 6 nitrogen and oxygen atoms in total. The minimum atomic E-state index is -1.03. The Kier molecular flexibility index (Phi) is 5.66. The second kappa shape index (κ2) is 8.31. The van der Waals surface area contributed by atoms with E-state index in [1.165, 1.54) is 0 Å². The molecule has 3 aromatic rings. The molecular weight excluding hydrogens is 346 g/mol. The van der Waals surface area contributed by atoms with Crippen LogP contribution >= 0.6 is 0 Å². The van der Waals surface area contributed by atoms with Crippen LogP contribution in [0.3, 0.4) is 0 Å². The summed E-state index contributed by atoms with van der Waals surface area (Å²) in [6, 6.07) is 16.6. The van der Waals surface area contributed by atoms with E-state index in [1.807, 2.05) is 48.5 Å². The smallest absolute Gasteiger partial charge is 0.356 e. The van der Waals surface area contributed by atoms with Gasteiger partial charge >= 0.3 is 5.97 Å². The van der Waals surface area contributed by atoms with Crippen molar-refractivity contribution in [3.8, 4) is 17.2 Å². The molecule has 27 heavy (non-hydrogen) atoms. The topological polar surface area (TPSA) is 69.9 Å². The second-order valence-corrected chi connectivity index (χ2v) is 5.95. The van der Waals surface area contributed by atoms with Crippen molar-refractivity contribution in [1.29, 1.82) is 0 Å². The van der Waals surface area contributed by atoms with Gasteiger partial charge in [0.05, 0.1) is 14.2 Å². The van der Waals surface area contributed by atoms with Crippen LogP contribution in [-0.2, 0) is 13.2 Å². The first-order valence-electron chi connectivity index (χ1n) is 8.42. The molecule has 0 amide bonds. The number of nitrogens with zero attached hydrogens (tertiary/aromatic N) is 1. The average molecular weight is 367 g/mol. The molecular formula is C21H21NO5. The summed E-state index contributed by atoms with van der Waals surface area (Å²) in [6.45, 7) is 0.703. The van der Waals surface area contributed by atoms with Crippen molar-refractivity contribution in [3.05, 3.63) is 77.6 Å². The summed E-state index contributed by atoms with van der Waals surface area (Å²) in [5.41, 5.74) is 2.02. The molecule has 0 aliphatic carbocycles. The largest absolute Gasteiger partial charge is 0.497 e. The van der Waals surface area contributed by atoms with Gasteiger partial charge in [0.15, 0.2) is 11.4 Å². The highest BCUT2D eigenvalue weighted by Crippen LogP contribution is 2.24. The molecule has 0 fully saturated rings. The van der Waals surface area contributed by atoms with Crippen molar-refractivity contribution >= 4 is 5.97 Å². The molecule has 2 aromatic carbocycles. The molecule has 0 radical (unpaired) electrons. The molecule has 0 spiro atoms. The lowest BCUT2D eigenvalue weighted by Gasteiger charge is -2.10. The summed E-state index contributed by atoms with van der Waals surface area (Å²) >= 11 is 0. The van der Waals surface area contributed by atoms with E-state index in [2.05, 4.69) is 0 Å². The third kappa shape index (κ3) is 4.41. The molecule has 140 valence electrons. The SMILES string of the molecule is COc1ccc(COc2ccn(Cc3ccc(OC)cc3)c2C(=O)O)cc1. The molecule has 0 saturated heterocycles. The third-order valence-electron chi connectivity index (χ3n) is 4.19. The first-order valence-corrected chi connectivity index (χ1v) is 8.42. The number of benzene rings is 2. The second-order valence-electron chi connectivity index (χ2n) is 5.95. The summed E-state index contributed by atoms with van der Waals surface area (Å²) in [6.07, 6.45) is 1.72. The zero-order valence-electron chi connectivity index (χ0n) is 15.2. The molecule has 0 unspecified atom stereocenters. The number of carboxylic acids is 1. The van der Waals surface area contributed by atoms with Crippen LogP contribution in [0.4, 0.5) is 0 Å². The summed E-state index contributed by atoms with van der Waals surface area (Å²) in [5, 5.41) is 9.62. The van der Waals surface area contributed by atoms with Crippen LogP contribution in [0.5, 0.6) is 17.2 Å². The van der Waals surface area contributed by atoms with E-state index in [0.717, 1.165) is 22.6 Å².